The summed E-state index contributed by atoms with van der Waals surface area (Å²) in [6, 6.07) is 30.7. The highest BCUT2D eigenvalue weighted by molar-refractivity contribution is 5.89. The fourth-order valence-electron chi connectivity index (χ4n) is 4.25. The number of aromatic nitrogens is 2. The number of nitrogens with zero attached hydrogens (tertiary/aromatic N) is 1. The van der Waals surface area contributed by atoms with Crippen molar-refractivity contribution in [1.29, 1.82) is 0 Å². The van der Waals surface area contributed by atoms with Crippen molar-refractivity contribution in [2.24, 2.45) is 0 Å². The average Bonchev–Trinajstić information content (AvgIpc) is 3.35. The van der Waals surface area contributed by atoms with Crippen molar-refractivity contribution in [2.45, 2.75) is 20.0 Å². The number of carbonyl (C=O) groups excluding carboxylic acids is 1. The number of methoxy groups -OCH3 is 1. The molecular weight excluding hydrogens is 434 g/mol. The van der Waals surface area contributed by atoms with Crippen LogP contribution >= 0.6 is 0 Å². The second kappa shape index (κ2) is 9.95. The zero-order valence-electron chi connectivity index (χ0n) is 19.8. The summed E-state index contributed by atoms with van der Waals surface area (Å²) < 4.78 is 4.80. The zero-order valence-corrected chi connectivity index (χ0v) is 19.8. The van der Waals surface area contributed by atoms with E-state index in [4.69, 9.17) is 9.72 Å². The summed E-state index contributed by atoms with van der Waals surface area (Å²) in [6.07, 6.45) is 0. The Hall–Kier alpha value is -4.22. The van der Waals surface area contributed by atoms with Gasteiger partial charge in [0, 0.05) is 18.7 Å². The van der Waals surface area contributed by atoms with Gasteiger partial charge in [0.25, 0.3) is 0 Å². The van der Waals surface area contributed by atoms with E-state index in [2.05, 4.69) is 77.9 Å². The molecule has 0 amide bonds. The average molecular weight is 462 g/mol. The molecule has 5 rings (SSSR count). The van der Waals surface area contributed by atoms with Gasteiger partial charge in [-0.1, -0.05) is 66.7 Å². The van der Waals surface area contributed by atoms with Crippen molar-refractivity contribution < 1.29 is 9.53 Å². The van der Waals surface area contributed by atoms with Gasteiger partial charge in [0.1, 0.15) is 5.82 Å². The summed E-state index contributed by atoms with van der Waals surface area (Å²) in [4.78, 5) is 20.0. The van der Waals surface area contributed by atoms with Crippen molar-refractivity contribution in [2.75, 3.05) is 7.11 Å². The van der Waals surface area contributed by atoms with Crippen LogP contribution in [0.15, 0.2) is 91.0 Å². The van der Waals surface area contributed by atoms with Crippen molar-refractivity contribution in [1.82, 2.24) is 15.3 Å². The third-order valence-corrected chi connectivity index (χ3v) is 6.14. The number of carbonyl (C=O) groups is 1. The van der Waals surface area contributed by atoms with E-state index in [1.807, 2.05) is 24.3 Å². The first kappa shape index (κ1) is 22.6. The first-order chi connectivity index (χ1) is 17.1. The lowest BCUT2D eigenvalue weighted by Crippen LogP contribution is -2.13. The number of aryl methyl sites for hydroxylation is 1. The lowest BCUT2D eigenvalue weighted by molar-refractivity contribution is 0.0600. The maximum absolute atomic E-state index is 11.7. The van der Waals surface area contributed by atoms with Gasteiger partial charge in [0.05, 0.1) is 23.7 Å². The highest BCUT2D eigenvalue weighted by Gasteiger charge is 2.09. The van der Waals surface area contributed by atoms with E-state index in [1.165, 1.54) is 18.2 Å². The molecule has 0 spiro atoms. The van der Waals surface area contributed by atoms with Crippen LogP contribution in [0, 0.1) is 6.92 Å². The van der Waals surface area contributed by atoms with Crippen LogP contribution in [0.1, 0.15) is 27.0 Å². The van der Waals surface area contributed by atoms with Crippen molar-refractivity contribution >= 4 is 17.0 Å². The smallest absolute Gasteiger partial charge is 0.337 e. The summed E-state index contributed by atoms with van der Waals surface area (Å²) in [5, 5.41) is 3.44. The first-order valence-electron chi connectivity index (χ1n) is 11.6. The minimum atomic E-state index is -0.318. The number of imidazole rings is 1. The standard InChI is InChI=1S/C30H27N3O2/c1-20-6-3-11-27-28(20)33-29(32-27)25-9-5-8-24(17-25)23-14-12-21(13-15-23)18-31-19-22-7-4-10-26(16-22)30(34)35-2/h3-17,31H,18-19H2,1-2H3,(H,32,33). The lowest BCUT2D eigenvalue weighted by Gasteiger charge is -2.08. The number of benzene rings is 4. The van der Waals surface area contributed by atoms with Crippen LogP contribution < -0.4 is 5.32 Å². The van der Waals surface area contributed by atoms with E-state index >= 15 is 0 Å². The van der Waals surface area contributed by atoms with Gasteiger partial charge in [-0.15, -0.1) is 0 Å². The molecule has 1 aromatic heterocycles. The molecule has 2 N–H and O–H groups in total. The molecule has 174 valence electrons. The van der Waals surface area contributed by atoms with Crippen LogP contribution in [0.4, 0.5) is 0 Å². The third kappa shape index (κ3) is 5.00. The van der Waals surface area contributed by atoms with Crippen LogP contribution in [0.3, 0.4) is 0 Å². The molecule has 0 atom stereocenters. The number of ether oxygens (including phenoxy) is 1. The topological polar surface area (TPSA) is 67.0 Å². The first-order valence-corrected chi connectivity index (χ1v) is 11.6. The molecular formula is C30H27N3O2. The molecule has 0 bridgehead atoms. The van der Waals surface area contributed by atoms with E-state index in [1.54, 1.807) is 6.07 Å². The molecule has 4 aromatic carbocycles. The Kier molecular flexibility index (Phi) is 6.42. The summed E-state index contributed by atoms with van der Waals surface area (Å²) in [6.45, 7) is 3.49. The highest BCUT2D eigenvalue weighted by atomic mass is 16.5. The Morgan fingerprint density at radius 3 is 2.37 bits per heavy atom. The SMILES string of the molecule is COC(=O)c1cccc(CNCc2ccc(-c3cccc(-c4nc5c(C)cccc5[nH]4)c3)cc2)c1. The van der Waals surface area contributed by atoms with Crippen LogP contribution in [-0.2, 0) is 17.8 Å². The molecule has 0 radical (unpaired) electrons. The minimum Gasteiger partial charge on any atom is -0.465 e. The fourth-order valence-corrected chi connectivity index (χ4v) is 4.25. The number of fused-ring (bicyclic) bond motifs is 1. The number of hydrogen-bond donors (Lipinski definition) is 2. The largest absolute Gasteiger partial charge is 0.465 e. The van der Waals surface area contributed by atoms with Crippen LogP contribution in [0.2, 0.25) is 0 Å². The third-order valence-electron chi connectivity index (χ3n) is 6.14. The summed E-state index contributed by atoms with van der Waals surface area (Å²) in [5.74, 6) is 0.565. The number of aromatic amines is 1. The Morgan fingerprint density at radius 2 is 1.57 bits per heavy atom. The summed E-state index contributed by atoms with van der Waals surface area (Å²) in [5.41, 5.74) is 9.42. The highest BCUT2D eigenvalue weighted by Crippen LogP contribution is 2.27. The van der Waals surface area contributed by atoms with Crippen LogP contribution in [-0.4, -0.2) is 23.0 Å². The van der Waals surface area contributed by atoms with E-state index in [9.17, 15) is 4.79 Å². The number of esters is 1. The number of para-hydroxylation sites is 1. The Bertz CT molecular complexity index is 1490. The molecule has 0 fully saturated rings. The molecule has 5 nitrogen and oxygen atoms in total. The van der Waals surface area contributed by atoms with E-state index in [0.717, 1.165) is 45.7 Å². The molecule has 0 saturated carbocycles. The molecule has 0 saturated heterocycles. The summed E-state index contributed by atoms with van der Waals surface area (Å²) >= 11 is 0. The van der Waals surface area contributed by atoms with Crippen molar-refractivity contribution in [3.8, 4) is 22.5 Å². The predicted molar refractivity (Wildman–Crippen MR) is 140 cm³/mol. The molecule has 0 unspecified atom stereocenters. The molecule has 5 aromatic rings. The Morgan fingerprint density at radius 1 is 0.829 bits per heavy atom. The van der Waals surface area contributed by atoms with Crippen molar-refractivity contribution in [3.63, 3.8) is 0 Å². The maximum Gasteiger partial charge on any atom is 0.337 e. The van der Waals surface area contributed by atoms with Gasteiger partial charge in [0.15, 0.2) is 0 Å². The molecule has 0 aliphatic carbocycles. The van der Waals surface area contributed by atoms with Gasteiger partial charge in [-0.25, -0.2) is 9.78 Å². The lowest BCUT2D eigenvalue weighted by atomic mass is 10.0. The number of H-pyrrole nitrogens is 1. The van der Waals surface area contributed by atoms with E-state index in [0.29, 0.717) is 12.1 Å². The monoisotopic (exact) mass is 461 g/mol. The quantitative estimate of drug-likeness (QED) is 0.280. The zero-order chi connectivity index (χ0) is 24.2. The van der Waals surface area contributed by atoms with Crippen molar-refractivity contribution in [3.05, 3.63) is 113 Å². The van der Waals surface area contributed by atoms with Gasteiger partial charge in [0.2, 0.25) is 0 Å². The molecule has 5 heteroatoms. The normalized spacial score (nSPS) is 11.0. The van der Waals surface area contributed by atoms with Gasteiger partial charge < -0.3 is 15.0 Å². The number of rotatable bonds is 7. The number of nitrogens with one attached hydrogen (secondary N) is 2. The molecule has 1 heterocycles. The van der Waals surface area contributed by atoms with Crippen LogP contribution in [0.5, 0.6) is 0 Å². The second-order valence-corrected chi connectivity index (χ2v) is 8.63. The molecule has 0 aliphatic heterocycles. The minimum absolute atomic E-state index is 0.318. The second-order valence-electron chi connectivity index (χ2n) is 8.63. The van der Waals surface area contributed by atoms with E-state index < -0.39 is 0 Å². The van der Waals surface area contributed by atoms with Gasteiger partial charge in [-0.3, -0.25) is 0 Å². The fraction of sp³-hybridized carbons (Fsp3) is 0.133. The molecule has 0 aliphatic rings. The Balaban J connectivity index is 1.26. The molecule has 35 heavy (non-hydrogen) atoms. The maximum atomic E-state index is 11.7. The van der Waals surface area contributed by atoms with Gasteiger partial charge in [-0.2, -0.15) is 0 Å². The summed E-state index contributed by atoms with van der Waals surface area (Å²) in [7, 11) is 1.40. The predicted octanol–water partition coefficient (Wildman–Crippen LogP) is 6.28. The van der Waals surface area contributed by atoms with Crippen LogP contribution in [0.25, 0.3) is 33.5 Å². The van der Waals surface area contributed by atoms with E-state index in [-0.39, 0.29) is 5.97 Å². The number of hydrogen-bond acceptors (Lipinski definition) is 4. The van der Waals surface area contributed by atoms with Gasteiger partial charge >= 0.3 is 5.97 Å². The Labute approximate surface area is 204 Å². The van der Waals surface area contributed by atoms with Gasteiger partial charge in [-0.05, 0) is 59.0 Å².